The molecule has 5 heteroatoms. The lowest BCUT2D eigenvalue weighted by Gasteiger charge is -2.09. The van der Waals surface area contributed by atoms with E-state index < -0.39 is 0 Å². The minimum Gasteiger partial charge on any atom is -0.384 e. The van der Waals surface area contributed by atoms with Crippen molar-refractivity contribution in [3.05, 3.63) is 58.4 Å². The SMILES string of the molecule is Cc1cccnc1C(=O)Nc1cc(Cl)ccc1C#CCO. The van der Waals surface area contributed by atoms with Gasteiger partial charge in [0.2, 0.25) is 0 Å². The molecule has 0 atom stereocenters. The molecule has 1 heterocycles. The van der Waals surface area contributed by atoms with Crippen LogP contribution in [0.15, 0.2) is 36.5 Å². The number of carbonyl (C=O) groups is 1. The van der Waals surface area contributed by atoms with Crippen LogP contribution < -0.4 is 5.32 Å². The van der Waals surface area contributed by atoms with Crippen molar-refractivity contribution in [2.45, 2.75) is 6.92 Å². The van der Waals surface area contributed by atoms with E-state index in [9.17, 15) is 4.79 Å². The number of amides is 1. The van der Waals surface area contributed by atoms with Crippen molar-refractivity contribution >= 4 is 23.2 Å². The molecule has 2 rings (SSSR count). The Morgan fingerprint density at radius 1 is 1.43 bits per heavy atom. The van der Waals surface area contributed by atoms with Crippen LogP contribution in [-0.4, -0.2) is 22.6 Å². The molecule has 0 aliphatic rings. The number of pyridine rings is 1. The summed E-state index contributed by atoms with van der Waals surface area (Å²) >= 11 is 5.95. The maximum absolute atomic E-state index is 12.3. The molecule has 4 nitrogen and oxygen atoms in total. The molecule has 0 fully saturated rings. The second kappa shape index (κ2) is 6.89. The molecule has 0 radical (unpaired) electrons. The van der Waals surface area contributed by atoms with Crippen molar-refractivity contribution < 1.29 is 9.90 Å². The monoisotopic (exact) mass is 300 g/mol. The Morgan fingerprint density at radius 2 is 2.24 bits per heavy atom. The Kier molecular flexibility index (Phi) is 4.94. The van der Waals surface area contributed by atoms with E-state index in [0.717, 1.165) is 5.56 Å². The average Bonchev–Trinajstić information content (AvgIpc) is 2.47. The van der Waals surface area contributed by atoms with Crippen LogP contribution in [0, 0.1) is 18.8 Å². The molecule has 2 N–H and O–H groups in total. The number of anilines is 1. The fourth-order valence-corrected chi connectivity index (χ4v) is 1.94. The quantitative estimate of drug-likeness (QED) is 0.838. The van der Waals surface area contributed by atoms with Crippen LogP contribution in [-0.2, 0) is 0 Å². The lowest BCUT2D eigenvalue weighted by molar-refractivity contribution is 0.102. The summed E-state index contributed by atoms with van der Waals surface area (Å²) < 4.78 is 0. The average molecular weight is 301 g/mol. The largest absolute Gasteiger partial charge is 0.384 e. The van der Waals surface area contributed by atoms with Crippen molar-refractivity contribution in [1.29, 1.82) is 0 Å². The maximum atomic E-state index is 12.3. The van der Waals surface area contributed by atoms with E-state index in [4.69, 9.17) is 16.7 Å². The Balaban J connectivity index is 2.33. The first kappa shape index (κ1) is 15.0. The second-order valence-electron chi connectivity index (χ2n) is 4.27. The molecule has 0 saturated heterocycles. The molecule has 0 saturated carbocycles. The summed E-state index contributed by atoms with van der Waals surface area (Å²) in [5.41, 5.74) is 2.19. The molecular formula is C16H13ClN2O2. The number of halogens is 1. The van der Waals surface area contributed by atoms with Crippen LogP contribution in [0.3, 0.4) is 0 Å². The lowest BCUT2D eigenvalue weighted by atomic mass is 10.1. The van der Waals surface area contributed by atoms with Gasteiger partial charge in [0, 0.05) is 16.8 Å². The fraction of sp³-hybridized carbons (Fsp3) is 0.125. The van der Waals surface area contributed by atoms with Crippen molar-refractivity contribution in [3.8, 4) is 11.8 Å². The number of hydrogen-bond donors (Lipinski definition) is 2. The maximum Gasteiger partial charge on any atom is 0.274 e. The van der Waals surface area contributed by atoms with Crippen molar-refractivity contribution in [2.75, 3.05) is 11.9 Å². The lowest BCUT2D eigenvalue weighted by Crippen LogP contribution is -2.15. The molecule has 0 spiro atoms. The van der Waals surface area contributed by atoms with Crippen LogP contribution in [0.25, 0.3) is 0 Å². The number of nitrogens with zero attached hydrogens (tertiary/aromatic N) is 1. The topological polar surface area (TPSA) is 62.2 Å². The molecule has 2 aromatic rings. The van der Waals surface area contributed by atoms with E-state index in [2.05, 4.69) is 22.1 Å². The van der Waals surface area contributed by atoms with E-state index >= 15 is 0 Å². The van der Waals surface area contributed by atoms with E-state index in [0.29, 0.717) is 22.0 Å². The summed E-state index contributed by atoms with van der Waals surface area (Å²) in [6, 6.07) is 8.55. The predicted octanol–water partition coefficient (Wildman–Crippen LogP) is 2.64. The Hall–Kier alpha value is -2.35. The van der Waals surface area contributed by atoms with Crippen LogP contribution in [0.1, 0.15) is 21.6 Å². The summed E-state index contributed by atoms with van der Waals surface area (Å²) in [5.74, 6) is 4.98. The summed E-state index contributed by atoms with van der Waals surface area (Å²) in [5, 5.41) is 12.0. The smallest absolute Gasteiger partial charge is 0.274 e. The number of aryl methyl sites for hydroxylation is 1. The summed E-state index contributed by atoms with van der Waals surface area (Å²) in [6.45, 7) is 1.56. The zero-order valence-corrected chi connectivity index (χ0v) is 12.1. The standard InChI is InChI=1S/C16H13ClN2O2/c1-11-4-2-8-18-15(11)16(21)19-14-10-13(17)7-6-12(14)5-3-9-20/h2,4,6-8,10,20H,9H2,1H3,(H,19,21). The minimum absolute atomic E-state index is 0.255. The first-order chi connectivity index (χ1) is 10.1. The van der Waals surface area contributed by atoms with Crippen LogP contribution >= 0.6 is 11.6 Å². The van der Waals surface area contributed by atoms with Gasteiger partial charge in [-0.3, -0.25) is 9.78 Å². The first-order valence-corrected chi connectivity index (χ1v) is 6.62. The molecule has 0 unspecified atom stereocenters. The summed E-state index contributed by atoms with van der Waals surface area (Å²) in [6.07, 6.45) is 1.56. The number of nitrogens with one attached hydrogen (secondary N) is 1. The van der Waals surface area contributed by atoms with E-state index in [-0.39, 0.29) is 12.5 Å². The molecule has 0 bridgehead atoms. The summed E-state index contributed by atoms with van der Waals surface area (Å²) in [4.78, 5) is 16.3. The zero-order chi connectivity index (χ0) is 15.2. The van der Waals surface area contributed by atoms with Gasteiger partial charge in [0.25, 0.3) is 5.91 Å². The van der Waals surface area contributed by atoms with Crippen molar-refractivity contribution in [1.82, 2.24) is 4.98 Å². The van der Waals surface area contributed by atoms with E-state index in [1.165, 1.54) is 0 Å². The van der Waals surface area contributed by atoms with Gasteiger partial charge in [-0.1, -0.05) is 29.5 Å². The fourth-order valence-electron chi connectivity index (χ4n) is 1.77. The van der Waals surface area contributed by atoms with Gasteiger partial charge in [0.15, 0.2) is 0 Å². The molecule has 1 aromatic carbocycles. The van der Waals surface area contributed by atoms with Crippen LogP contribution in [0.2, 0.25) is 5.02 Å². The Bertz CT molecular complexity index is 733. The van der Waals surface area contributed by atoms with Gasteiger partial charge in [0.05, 0.1) is 5.69 Å². The number of benzene rings is 1. The number of aromatic nitrogens is 1. The molecule has 21 heavy (non-hydrogen) atoms. The van der Waals surface area contributed by atoms with Gasteiger partial charge >= 0.3 is 0 Å². The number of aliphatic hydroxyl groups is 1. The highest BCUT2D eigenvalue weighted by Crippen LogP contribution is 2.21. The Labute approximate surface area is 127 Å². The van der Waals surface area contributed by atoms with E-state index in [1.807, 2.05) is 13.0 Å². The Morgan fingerprint density at radius 3 is 2.95 bits per heavy atom. The minimum atomic E-state index is -0.331. The number of aliphatic hydroxyl groups excluding tert-OH is 1. The van der Waals surface area contributed by atoms with Crippen molar-refractivity contribution in [3.63, 3.8) is 0 Å². The van der Waals surface area contributed by atoms with Gasteiger partial charge < -0.3 is 10.4 Å². The molecule has 106 valence electrons. The van der Waals surface area contributed by atoms with E-state index in [1.54, 1.807) is 30.5 Å². The third kappa shape index (κ3) is 3.82. The molecule has 0 aliphatic heterocycles. The van der Waals surface area contributed by atoms with Gasteiger partial charge in [-0.2, -0.15) is 0 Å². The van der Waals surface area contributed by atoms with Crippen LogP contribution in [0.4, 0.5) is 5.69 Å². The highest BCUT2D eigenvalue weighted by molar-refractivity contribution is 6.31. The van der Waals surface area contributed by atoms with Crippen molar-refractivity contribution in [2.24, 2.45) is 0 Å². The predicted molar refractivity (Wildman–Crippen MR) is 82.3 cm³/mol. The number of hydrogen-bond acceptors (Lipinski definition) is 3. The molecular weight excluding hydrogens is 288 g/mol. The second-order valence-corrected chi connectivity index (χ2v) is 4.71. The van der Waals surface area contributed by atoms with Gasteiger partial charge in [-0.15, -0.1) is 0 Å². The number of carbonyl (C=O) groups excluding carboxylic acids is 1. The van der Waals surface area contributed by atoms with Gasteiger partial charge in [0.1, 0.15) is 12.3 Å². The third-order valence-corrected chi connectivity index (χ3v) is 2.99. The highest BCUT2D eigenvalue weighted by atomic mass is 35.5. The van der Waals surface area contributed by atoms with Gasteiger partial charge in [-0.05, 0) is 36.8 Å². The summed E-state index contributed by atoms with van der Waals surface area (Å²) in [7, 11) is 0. The third-order valence-electron chi connectivity index (χ3n) is 2.76. The van der Waals surface area contributed by atoms with Gasteiger partial charge in [-0.25, -0.2) is 0 Å². The normalized spacial score (nSPS) is 9.67. The molecule has 1 aromatic heterocycles. The first-order valence-electron chi connectivity index (χ1n) is 6.24. The van der Waals surface area contributed by atoms with Crippen LogP contribution in [0.5, 0.6) is 0 Å². The number of rotatable bonds is 2. The molecule has 0 aliphatic carbocycles. The molecule has 1 amide bonds. The highest BCUT2D eigenvalue weighted by Gasteiger charge is 2.12. The zero-order valence-electron chi connectivity index (χ0n) is 11.4.